The van der Waals surface area contributed by atoms with E-state index in [-0.39, 0.29) is 165 Å². The Bertz CT molecular complexity index is 4340. The van der Waals surface area contributed by atoms with Gasteiger partial charge >= 0.3 is 11.9 Å². The number of methoxy groups -OCH3 is 2. The summed E-state index contributed by atoms with van der Waals surface area (Å²) in [5, 5.41) is 36.8. The molecule has 12 rings (SSSR count). The summed E-state index contributed by atoms with van der Waals surface area (Å²) in [6.45, 7) is 0.306. The Morgan fingerprint density at radius 1 is 0.500 bits per heavy atom. The van der Waals surface area contributed by atoms with Gasteiger partial charge in [0.05, 0.1) is 95.3 Å². The van der Waals surface area contributed by atoms with Gasteiger partial charge in [-0.2, -0.15) is 10.5 Å². The quantitative estimate of drug-likeness (QED) is 0.0759. The third-order valence-corrected chi connectivity index (χ3v) is 15.5. The molecule has 2 N–H and O–H groups in total. The zero-order valence-electron chi connectivity index (χ0n) is 48.3. The molecule has 0 amide bonds. The summed E-state index contributed by atoms with van der Waals surface area (Å²) in [6, 6.07) is 27.6. The Kier molecular flexibility index (Phi) is 18.4. The van der Waals surface area contributed by atoms with Crippen LogP contribution < -0.4 is 9.47 Å². The van der Waals surface area contributed by atoms with Crippen LogP contribution in [0.3, 0.4) is 0 Å². The van der Waals surface area contributed by atoms with Crippen LogP contribution >= 0.6 is 0 Å². The van der Waals surface area contributed by atoms with Crippen molar-refractivity contribution in [2.75, 3.05) is 40.6 Å². The van der Waals surface area contributed by atoms with E-state index in [2.05, 4.69) is 19.9 Å². The van der Waals surface area contributed by atoms with E-state index in [4.69, 9.17) is 38.9 Å². The van der Waals surface area contributed by atoms with Crippen molar-refractivity contribution < 1.29 is 83.3 Å². The summed E-state index contributed by atoms with van der Waals surface area (Å²) in [7, 11) is 2.95. The summed E-state index contributed by atoms with van der Waals surface area (Å²) < 4.78 is 157. The molecule has 6 aromatic carbocycles. The highest BCUT2D eigenvalue weighted by molar-refractivity contribution is 5.94. The van der Waals surface area contributed by atoms with Crippen LogP contribution in [0.1, 0.15) is 77.8 Å². The summed E-state index contributed by atoms with van der Waals surface area (Å²) in [6.07, 6.45) is -1.49. The van der Waals surface area contributed by atoms with E-state index >= 15 is 26.3 Å². The van der Waals surface area contributed by atoms with Crippen molar-refractivity contribution in [3.8, 4) is 46.4 Å². The highest BCUT2D eigenvalue weighted by Gasteiger charge is 2.36. The average Bonchev–Trinajstić information content (AvgIpc) is 1.60. The highest BCUT2D eigenvalue weighted by atomic mass is 19.2. The molecule has 18 nitrogen and oxygen atoms in total. The molecule has 6 heterocycles. The molecule has 10 aromatic rings. The fourth-order valence-corrected chi connectivity index (χ4v) is 10.9. The van der Waals surface area contributed by atoms with Crippen LogP contribution in [0.4, 0.5) is 35.1 Å². The first kappa shape index (κ1) is 62.9. The first-order valence-corrected chi connectivity index (χ1v) is 27.9. The van der Waals surface area contributed by atoms with Gasteiger partial charge in [0.1, 0.15) is 83.0 Å². The molecule has 2 aliphatic heterocycles. The molecular weight excluding hydrogens is 1220 g/mol. The number of hydrogen-bond donors (Lipinski definition) is 2. The van der Waals surface area contributed by atoms with Crippen LogP contribution in [0.2, 0.25) is 0 Å². The monoisotopic (exact) mass is 1260 g/mol. The fraction of sp³-hybridized carbons (Fsp3) is 0.212. The van der Waals surface area contributed by atoms with Crippen molar-refractivity contribution in [3.63, 3.8) is 0 Å². The molecule has 92 heavy (non-hydrogen) atoms. The zero-order valence-corrected chi connectivity index (χ0v) is 48.3. The van der Waals surface area contributed by atoms with E-state index in [0.717, 1.165) is 48.5 Å². The number of halogens is 8. The maximum Gasteiger partial charge on any atom is 0.335 e. The number of aromatic carboxylic acids is 2. The van der Waals surface area contributed by atoms with E-state index in [0.29, 0.717) is 0 Å². The average molecular weight is 1270 g/mol. The number of ether oxygens (including phenoxy) is 6. The smallest absolute Gasteiger partial charge is 0.335 e. The van der Waals surface area contributed by atoms with Crippen molar-refractivity contribution in [1.29, 1.82) is 10.5 Å². The van der Waals surface area contributed by atoms with Gasteiger partial charge in [-0.1, -0.05) is 24.3 Å². The first-order chi connectivity index (χ1) is 44.3. The lowest BCUT2D eigenvalue weighted by atomic mass is 10.0. The van der Waals surface area contributed by atoms with E-state index in [1.54, 1.807) is 9.13 Å². The Morgan fingerprint density at radius 2 is 0.902 bits per heavy atom. The minimum absolute atomic E-state index is 0.0353. The predicted molar refractivity (Wildman–Crippen MR) is 310 cm³/mol. The first-order valence-electron chi connectivity index (χ1n) is 27.9. The second-order valence-corrected chi connectivity index (χ2v) is 21.2. The second-order valence-electron chi connectivity index (χ2n) is 21.2. The predicted octanol–water partition coefficient (Wildman–Crippen LogP) is 12.0. The maximum atomic E-state index is 15.6. The molecule has 0 bridgehead atoms. The minimum Gasteiger partial charge on any atom is -0.478 e. The van der Waals surface area contributed by atoms with Crippen LogP contribution in [0.15, 0.2) is 121 Å². The number of pyridine rings is 2. The van der Waals surface area contributed by atoms with Gasteiger partial charge in [-0.25, -0.2) is 64.6 Å². The molecular formula is C66H48F8N8O10. The van der Waals surface area contributed by atoms with Gasteiger partial charge in [0.25, 0.3) is 0 Å². The molecule has 2 saturated heterocycles. The number of carboxylic acids is 2. The molecule has 4 aromatic heterocycles. The number of nitriles is 2. The Labute approximate surface area is 516 Å². The van der Waals surface area contributed by atoms with Gasteiger partial charge in [0, 0.05) is 61.4 Å². The molecule has 468 valence electrons. The Morgan fingerprint density at radius 3 is 1.27 bits per heavy atom. The number of aromatic nitrogens is 6. The van der Waals surface area contributed by atoms with Crippen molar-refractivity contribution in [2.45, 2.75) is 50.3 Å². The van der Waals surface area contributed by atoms with E-state index in [1.807, 2.05) is 12.1 Å². The van der Waals surface area contributed by atoms with Gasteiger partial charge in [0.15, 0.2) is 11.6 Å². The van der Waals surface area contributed by atoms with E-state index < -0.39 is 82.8 Å². The van der Waals surface area contributed by atoms with Crippen LogP contribution in [0.5, 0.6) is 11.8 Å². The van der Waals surface area contributed by atoms with Gasteiger partial charge in [-0.3, -0.25) is 0 Å². The number of imidazole rings is 2. The molecule has 0 spiro atoms. The summed E-state index contributed by atoms with van der Waals surface area (Å²) in [5.74, 6) is -8.50. The topological polar surface area (TPSA) is 239 Å². The minimum atomic E-state index is -1.34. The van der Waals surface area contributed by atoms with Crippen molar-refractivity contribution in [2.24, 2.45) is 0 Å². The van der Waals surface area contributed by atoms with Gasteiger partial charge in [0.2, 0.25) is 11.8 Å². The van der Waals surface area contributed by atoms with Crippen LogP contribution in [0, 0.1) is 69.2 Å². The largest absolute Gasteiger partial charge is 0.478 e. The Hall–Kier alpha value is -10.6. The van der Waals surface area contributed by atoms with E-state index in [1.165, 1.54) is 87.0 Å². The normalized spacial score (nSPS) is 16.1. The third-order valence-electron chi connectivity index (χ3n) is 15.5. The summed E-state index contributed by atoms with van der Waals surface area (Å²) >= 11 is 0. The number of rotatable bonds is 18. The SMILES string of the molecule is CO[C@H]1COC[C@H]1n1c(Cc2cc(F)c(-c3cccc(OCc4ccc(C#N)cc4F)n3)cc2F)nc2c(F)cc(C(=O)O)cc21.CO[C@H]1COC[C@H]1n1c(Cc2cc(F)c(-c3cccc(OCc4ccc(C#N)cc4F)n3)cc2F)nc2c(F)cc(C(=O)O)cc21. The molecule has 0 aliphatic carbocycles. The molecule has 2 aliphatic rings. The lowest BCUT2D eigenvalue weighted by Crippen LogP contribution is -2.26. The number of benzene rings is 6. The second kappa shape index (κ2) is 26.8. The third kappa shape index (κ3) is 13.0. The Balaban J connectivity index is 0.000000188. The number of carboxylic acid groups (broad SMARTS) is 2. The summed E-state index contributed by atoms with van der Waals surface area (Å²) in [4.78, 5) is 40.6. The maximum absolute atomic E-state index is 15.6. The van der Waals surface area contributed by atoms with E-state index in [9.17, 15) is 28.6 Å². The number of fused-ring (bicyclic) bond motifs is 2. The number of hydrogen-bond acceptors (Lipinski definition) is 14. The van der Waals surface area contributed by atoms with Crippen LogP contribution in [-0.2, 0) is 45.0 Å². The van der Waals surface area contributed by atoms with Crippen molar-refractivity contribution in [1.82, 2.24) is 29.1 Å². The van der Waals surface area contributed by atoms with Crippen molar-refractivity contribution in [3.05, 3.63) is 224 Å². The lowest BCUT2D eigenvalue weighted by Gasteiger charge is -2.21. The standard InChI is InChI=1S/2C33H24F4N4O5/c2*1-44-29-16-45-15-28(29)41-27-10-20(33(42)43)9-25(37)32(27)40-30(41)11-19-8-24(36)21(12-23(19)35)26-3-2-4-31(39-26)46-14-18-6-5-17(13-38)7-22(18)34/h2*2-10,12,28-29H,11,14-16H2,1H3,(H,42,43)/t2*28-,29+/m11/s1. The lowest BCUT2D eigenvalue weighted by molar-refractivity contribution is 0.0683. The fourth-order valence-electron chi connectivity index (χ4n) is 10.9. The van der Waals surface area contributed by atoms with Gasteiger partial charge in [-0.15, -0.1) is 0 Å². The molecule has 26 heteroatoms. The number of carbonyl (C=O) groups is 2. The molecule has 2 fully saturated rings. The molecule has 0 saturated carbocycles. The van der Waals surface area contributed by atoms with Crippen LogP contribution in [-0.4, -0.2) is 104 Å². The van der Waals surface area contributed by atoms with Crippen LogP contribution in [0.25, 0.3) is 44.6 Å². The summed E-state index contributed by atoms with van der Waals surface area (Å²) in [5.41, 5.74) is -0.242. The number of nitrogens with zero attached hydrogens (tertiary/aromatic N) is 8. The highest BCUT2D eigenvalue weighted by Crippen LogP contribution is 2.36. The molecule has 0 unspecified atom stereocenters. The van der Waals surface area contributed by atoms with Gasteiger partial charge < -0.3 is 47.8 Å². The molecule has 4 atom stereocenters. The molecule has 0 radical (unpaired) electrons. The van der Waals surface area contributed by atoms with Crippen molar-refractivity contribution >= 4 is 34.0 Å². The van der Waals surface area contributed by atoms with Gasteiger partial charge in [-0.05, 0) is 96.1 Å². The zero-order chi connectivity index (χ0) is 65.1.